The van der Waals surface area contributed by atoms with Gasteiger partial charge in [-0.05, 0) is 37.5 Å². The summed E-state index contributed by atoms with van der Waals surface area (Å²) in [6, 6.07) is 5.17. The van der Waals surface area contributed by atoms with E-state index in [4.69, 9.17) is 10.5 Å². The Labute approximate surface area is 123 Å². The summed E-state index contributed by atoms with van der Waals surface area (Å²) in [6.45, 7) is 0. The molecular weight excluding hydrogens is 269 g/mol. The topological polar surface area (TPSA) is 63.9 Å². The van der Waals surface area contributed by atoms with Gasteiger partial charge in [-0.25, -0.2) is 9.37 Å². The van der Waals surface area contributed by atoms with Crippen LogP contribution in [0.15, 0.2) is 24.4 Å². The lowest BCUT2D eigenvalue weighted by atomic mass is 9.86. The fraction of sp³-hybridized carbons (Fsp3) is 0.438. The summed E-state index contributed by atoms with van der Waals surface area (Å²) >= 11 is 0. The summed E-state index contributed by atoms with van der Waals surface area (Å²) in [4.78, 5) is 7.77. The molecule has 0 amide bonds. The van der Waals surface area contributed by atoms with Gasteiger partial charge in [-0.1, -0.05) is 6.42 Å². The van der Waals surface area contributed by atoms with Crippen LogP contribution in [-0.4, -0.2) is 23.1 Å². The molecule has 2 aromatic rings. The number of hydrogen-bond acceptors (Lipinski definition) is 3. The van der Waals surface area contributed by atoms with Crippen molar-refractivity contribution in [1.29, 1.82) is 0 Å². The van der Waals surface area contributed by atoms with Crippen LogP contribution in [0, 0.1) is 5.82 Å². The first-order valence-corrected chi connectivity index (χ1v) is 7.31. The van der Waals surface area contributed by atoms with Crippen molar-refractivity contribution < 1.29 is 9.13 Å². The second-order valence-corrected chi connectivity index (χ2v) is 5.66. The smallest absolute Gasteiger partial charge is 0.165 e. The van der Waals surface area contributed by atoms with E-state index in [9.17, 15) is 4.39 Å². The first-order chi connectivity index (χ1) is 10.2. The zero-order valence-electron chi connectivity index (χ0n) is 12.1. The third-order valence-corrected chi connectivity index (χ3v) is 4.16. The molecule has 5 heteroatoms. The largest absolute Gasteiger partial charge is 0.494 e. The van der Waals surface area contributed by atoms with E-state index in [2.05, 4.69) is 9.97 Å². The Morgan fingerprint density at radius 3 is 2.95 bits per heavy atom. The van der Waals surface area contributed by atoms with Crippen molar-refractivity contribution in [2.24, 2.45) is 5.73 Å². The highest BCUT2D eigenvalue weighted by molar-refractivity contribution is 5.60. The first-order valence-electron chi connectivity index (χ1n) is 7.31. The van der Waals surface area contributed by atoms with Crippen LogP contribution in [0.5, 0.6) is 5.75 Å². The van der Waals surface area contributed by atoms with E-state index >= 15 is 0 Å². The van der Waals surface area contributed by atoms with Crippen molar-refractivity contribution in [2.75, 3.05) is 7.11 Å². The maximum absolute atomic E-state index is 13.8. The third-order valence-electron chi connectivity index (χ3n) is 4.16. The van der Waals surface area contributed by atoms with Crippen molar-refractivity contribution in [1.82, 2.24) is 9.97 Å². The van der Waals surface area contributed by atoms with Crippen LogP contribution in [0.25, 0.3) is 11.3 Å². The quantitative estimate of drug-likeness (QED) is 0.912. The van der Waals surface area contributed by atoms with Crippen LogP contribution in [0.2, 0.25) is 0 Å². The highest BCUT2D eigenvalue weighted by Crippen LogP contribution is 2.32. The van der Waals surface area contributed by atoms with Gasteiger partial charge in [0.05, 0.1) is 19.0 Å². The molecule has 0 bridgehead atoms. The summed E-state index contributed by atoms with van der Waals surface area (Å²) in [6.07, 6.45) is 6.06. The number of nitrogens with two attached hydrogens (primary N) is 1. The van der Waals surface area contributed by atoms with Gasteiger partial charge in [0, 0.05) is 17.5 Å². The summed E-state index contributed by atoms with van der Waals surface area (Å²) in [5.41, 5.74) is 7.62. The summed E-state index contributed by atoms with van der Waals surface area (Å²) in [7, 11) is 1.46. The number of H-pyrrole nitrogens is 1. The van der Waals surface area contributed by atoms with Gasteiger partial charge < -0.3 is 15.5 Å². The van der Waals surface area contributed by atoms with E-state index in [0.29, 0.717) is 5.92 Å². The van der Waals surface area contributed by atoms with E-state index in [1.807, 2.05) is 6.07 Å². The molecule has 2 atom stereocenters. The van der Waals surface area contributed by atoms with Crippen molar-refractivity contribution in [2.45, 2.75) is 37.6 Å². The van der Waals surface area contributed by atoms with Gasteiger partial charge in [0.25, 0.3) is 0 Å². The van der Waals surface area contributed by atoms with Crippen LogP contribution in [0.1, 0.15) is 37.4 Å². The minimum Gasteiger partial charge on any atom is -0.494 e. The number of ether oxygens (including phenoxy) is 1. The lowest BCUT2D eigenvalue weighted by Gasteiger charge is -2.24. The molecule has 3 rings (SSSR count). The lowest BCUT2D eigenvalue weighted by molar-refractivity contribution is 0.383. The van der Waals surface area contributed by atoms with E-state index in [-0.39, 0.29) is 17.6 Å². The fourth-order valence-corrected chi connectivity index (χ4v) is 3.00. The number of benzene rings is 1. The van der Waals surface area contributed by atoms with Crippen LogP contribution < -0.4 is 10.5 Å². The molecule has 2 unspecified atom stereocenters. The Hall–Kier alpha value is -1.88. The monoisotopic (exact) mass is 289 g/mol. The average Bonchev–Trinajstić information content (AvgIpc) is 2.97. The predicted molar refractivity (Wildman–Crippen MR) is 79.7 cm³/mol. The first kappa shape index (κ1) is 14.1. The SMILES string of the molecule is COc1ccc(-c2cnc(C3CCCC(N)C3)[nH]2)cc1F. The van der Waals surface area contributed by atoms with Gasteiger partial charge in [0.1, 0.15) is 5.82 Å². The number of aromatic nitrogens is 2. The Morgan fingerprint density at radius 1 is 1.38 bits per heavy atom. The molecule has 1 aliphatic rings. The molecule has 1 fully saturated rings. The number of methoxy groups -OCH3 is 1. The molecule has 1 saturated carbocycles. The summed E-state index contributed by atoms with van der Waals surface area (Å²) < 4.78 is 18.7. The fourth-order valence-electron chi connectivity index (χ4n) is 3.00. The maximum atomic E-state index is 13.8. The standard InChI is InChI=1S/C16H20FN3O/c1-21-15-6-5-10(8-13(15)17)14-9-19-16(20-14)11-3-2-4-12(18)7-11/h5-6,8-9,11-12H,2-4,7,18H2,1H3,(H,19,20). The molecule has 3 N–H and O–H groups in total. The summed E-state index contributed by atoms with van der Waals surface area (Å²) in [5.74, 6) is 1.21. The van der Waals surface area contributed by atoms with Crippen molar-refractivity contribution in [3.8, 4) is 17.0 Å². The Kier molecular flexibility index (Phi) is 3.92. The highest BCUT2D eigenvalue weighted by atomic mass is 19.1. The van der Waals surface area contributed by atoms with Gasteiger partial charge in [-0.3, -0.25) is 0 Å². The molecule has 112 valence electrons. The Balaban J connectivity index is 1.82. The number of hydrogen-bond donors (Lipinski definition) is 2. The zero-order chi connectivity index (χ0) is 14.8. The van der Waals surface area contributed by atoms with E-state index in [0.717, 1.165) is 42.8 Å². The Morgan fingerprint density at radius 2 is 2.24 bits per heavy atom. The molecule has 21 heavy (non-hydrogen) atoms. The van der Waals surface area contributed by atoms with Gasteiger partial charge >= 0.3 is 0 Å². The van der Waals surface area contributed by atoms with E-state index in [1.54, 1.807) is 12.3 Å². The van der Waals surface area contributed by atoms with Crippen LogP contribution in [0.4, 0.5) is 4.39 Å². The van der Waals surface area contributed by atoms with Gasteiger partial charge in [-0.2, -0.15) is 0 Å². The molecule has 0 saturated heterocycles. The molecule has 0 spiro atoms. The van der Waals surface area contributed by atoms with E-state index in [1.165, 1.54) is 13.2 Å². The lowest BCUT2D eigenvalue weighted by Crippen LogP contribution is -2.27. The molecule has 0 radical (unpaired) electrons. The molecular formula is C16H20FN3O. The van der Waals surface area contributed by atoms with Crippen LogP contribution in [0.3, 0.4) is 0 Å². The molecule has 1 aromatic heterocycles. The molecule has 1 aromatic carbocycles. The zero-order valence-corrected chi connectivity index (χ0v) is 12.1. The third kappa shape index (κ3) is 2.93. The van der Waals surface area contributed by atoms with Gasteiger partial charge in [-0.15, -0.1) is 0 Å². The van der Waals surface area contributed by atoms with Crippen molar-refractivity contribution >= 4 is 0 Å². The van der Waals surface area contributed by atoms with Crippen molar-refractivity contribution in [3.63, 3.8) is 0 Å². The number of nitrogens with one attached hydrogen (secondary N) is 1. The number of imidazole rings is 1. The maximum Gasteiger partial charge on any atom is 0.165 e. The Bertz CT molecular complexity index is 626. The second kappa shape index (κ2) is 5.85. The minimum absolute atomic E-state index is 0.247. The van der Waals surface area contributed by atoms with Crippen molar-refractivity contribution in [3.05, 3.63) is 36.0 Å². The minimum atomic E-state index is -0.370. The molecule has 1 heterocycles. The van der Waals surface area contributed by atoms with Gasteiger partial charge in [0.2, 0.25) is 0 Å². The van der Waals surface area contributed by atoms with E-state index < -0.39 is 0 Å². The molecule has 1 aliphatic carbocycles. The van der Waals surface area contributed by atoms with Crippen LogP contribution >= 0.6 is 0 Å². The normalized spacial score (nSPS) is 22.2. The average molecular weight is 289 g/mol. The molecule has 4 nitrogen and oxygen atoms in total. The number of aromatic amines is 1. The van der Waals surface area contributed by atoms with Gasteiger partial charge in [0.15, 0.2) is 11.6 Å². The number of rotatable bonds is 3. The summed E-state index contributed by atoms with van der Waals surface area (Å²) in [5, 5.41) is 0. The second-order valence-electron chi connectivity index (χ2n) is 5.66. The number of nitrogens with zero attached hydrogens (tertiary/aromatic N) is 1. The van der Waals surface area contributed by atoms with Crippen LogP contribution in [-0.2, 0) is 0 Å². The number of halogens is 1. The highest BCUT2D eigenvalue weighted by Gasteiger charge is 2.23. The predicted octanol–water partition coefficient (Wildman–Crippen LogP) is 3.21. The molecule has 0 aliphatic heterocycles.